The highest BCUT2D eigenvalue weighted by atomic mass is 19.4. The Kier molecular flexibility index (Phi) is 3.76. The van der Waals surface area contributed by atoms with E-state index in [2.05, 4.69) is 6.58 Å². The van der Waals surface area contributed by atoms with Crippen LogP contribution in [0.4, 0.5) is 35.1 Å². The van der Waals surface area contributed by atoms with Gasteiger partial charge in [0.2, 0.25) is 0 Å². The molecule has 0 amide bonds. The second kappa shape index (κ2) is 3.97. The lowest BCUT2D eigenvalue weighted by Crippen LogP contribution is -2.56. The van der Waals surface area contributed by atoms with E-state index in [9.17, 15) is 35.1 Å². The monoisotopic (exact) mass is 242 g/mol. The van der Waals surface area contributed by atoms with Gasteiger partial charge in [-0.1, -0.05) is 6.08 Å². The topological polar surface area (TPSA) is 0 Å². The van der Waals surface area contributed by atoms with Crippen LogP contribution in [0.3, 0.4) is 0 Å². The molecule has 15 heavy (non-hydrogen) atoms. The molecule has 0 saturated carbocycles. The zero-order valence-corrected chi connectivity index (χ0v) is 7.09. The Hall–Kier alpha value is -0.820. The van der Waals surface area contributed by atoms with E-state index in [1.54, 1.807) is 0 Å². The summed E-state index contributed by atoms with van der Waals surface area (Å²) in [7, 11) is 0. The van der Waals surface area contributed by atoms with E-state index in [0.717, 1.165) is 0 Å². The summed E-state index contributed by atoms with van der Waals surface area (Å²) in [6, 6.07) is 0. The normalized spacial score (nSPS) is 16.3. The molecule has 0 aromatic rings. The van der Waals surface area contributed by atoms with Crippen LogP contribution in [0.5, 0.6) is 0 Å². The molecule has 0 aliphatic heterocycles. The minimum Gasteiger partial charge on any atom is -0.240 e. The third-order valence-electron chi connectivity index (χ3n) is 1.54. The van der Waals surface area contributed by atoms with Gasteiger partial charge in [0.15, 0.2) is 6.17 Å². The maximum Gasteiger partial charge on any atom is 0.459 e. The maximum atomic E-state index is 12.4. The van der Waals surface area contributed by atoms with Gasteiger partial charge in [0.25, 0.3) is 0 Å². The summed E-state index contributed by atoms with van der Waals surface area (Å²) in [6.45, 7) is 2.76. The Labute approximate surface area is 79.6 Å². The van der Waals surface area contributed by atoms with Crippen LogP contribution in [0.2, 0.25) is 0 Å². The Bertz CT molecular complexity index is 228. The molecule has 0 rings (SSSR count). The highest BCUT2D eigenvalue weighted by molar-refractivity contribution is 4.97. The fourth-order valence-corrected chi connectivity index (χ4v) is 0.680. The van der Waals surface area contributed by atoms with Crippen LogP contribution in [0.15, 0.2) is 12.7 Å². The summed E-state index contributed by atoms with van der Waals surface area (Å²) in [5.74, 6) is -12.2. The molecular weight excluding hydrogens is 236 g/mol. The average Bonchev–Trinajstić information content (AvgIpc) is 2.02. The molecule has 0 N–H and O–H groups in total. The minimum absolute atomic E-state index is 0.491. The molecule has 0 aliphatic carbocycles. The molecule has 0 saturated heterocycles. The van der Waals surface area contributed by atoms with Gasteiger partial charge in [0.1, 0.15) is 0 Å². The van der Waals surface area contributed by atoms with Gasteiger partial charge >= 0.3 is 18.0 Å². The molecule has 0 bridgehead atoms. The van der Waals surface area contributed by atoms with Crippen molar-refractivity contribution in [3.05, 3.63) is 12.7 Å². The molecule has 0 radical (unpaired) electrons. The number of hydrogen-bond acceptors (Lipinski definition) is 0. The zero-order valence-electron chi connectivity index (χ0n) is 7.09. The van der Waals surface area contributed by atoms with Crippen molar-refractivity contribution < 1.29 is 35.1 Å². The van der Waals surface area contributed by atoms with E-state index < -0.39 is 30.6 Å². The molecule has 0 heterocycles. The lowest BCUT2D eigenvalue weighted by molar-refractivity contribution is -0.365. The molecule has 0 nitrogen and oxygen atoms in total. The van der Waals surface area contributed by atoms with E-state index in [0.29, 0.717) is 6.08 Å². The van der Waals surface area contributed by atoms with Gasteiger partial charge in [-0.15, -0.1) is 6.58 Å². The van der Waals surface area contributed by atoms with Crippen molar-refractivity contribution >= 4 is 0 Å². The van der Waals surface area contributed by atoms with E-state index >= 15 is 0 Å². The van der Waals surface area contributed by atoms with E-state index in [4.69, 9.17) is 0 Å². The van der Waals surface area contributed by atoms with E-state index in [1.165, 1.54) is 0 Å². The molecule has 0 aromatic carbocycles. The number of allylic oxidation sites excluding steroid dienone is 1. The van der Waals surface area contributed by atoms with Crippen molar-refractivity contribution in [2.75, 3.05) is 0 Å². The van der Waals surface area contributed by atoms with Crippen molar-refractivity contribution in [1.82, 2.24) is 0 Å². The van der Waals surface area contributed by atoms with Crippen LogP contribution in [0, 0.1) is 0 Å². The van der Waals surface area contributed by atoms with E-state index in [1.807, 2.05) is 0 Å². The maximum absolute atomic E-state index is 12.4. The SMILES string of the molecule is C=CCC(F)C(F)(F)C(F)(F)C(F)(F)F. The molecule has 0 aromatic heterocycles. The number of halogens is 8. The quantitative estimate of drug-likeness (QED) is 0.520. The number of hydrogen-bond donors (Lipinski definition) is 0. The first-order chi connectivity index (χ1) is 6.48. The summed E-state index contributed by atoms with van der Waals surface area (Å²) in [4.78, 5) is 0. The van der Waals surface area contributed by atoms with Gasteiger partial charge in [0, 0.05) is 6.42 Å². The summed E-state index contributed by atoms with van der Waals surface area (Å²) >= 11 is 0. The van der Waals surface area contributed by atoms with Gasteiger partial charge < -0.3 is 0 Å². The smallest absolute Gasteiger partial charge is 0.240 e. The Balaban J connectivity index is 5.08. The van der Waals surface area contributed by atoms with E-state index in [-0.39, 0.29) is 0 Å². The van der Waals surface area contributed by atoms with Crippen molar-refractivity contribution in [2.45, 2.75) is 30.6 Å². The standard InChI is InChI=1S/C7H6F8/c1-2-3-4(8)5(9,10)6(11,12)7(13,14)15/h2,4H,1,3H2. The average molecular weight is 242 g/mol. The molecule has 1 unspecified atom stereocenters. The number of rotatable bonds is 4. The molecule has 0 spiro atoms. The molecular formula is C7H6F8. The van der Waals surface area contributed by atoms with Crippen LogP contribution in [0.1, 0.15) is 6.42 Å². The van der Waals surface area contributed by atoms with Crippen molar-refractivity contribution in [3.63, 3.8) is 0 Å². The van der Waals surface area contributed by atoms with Gasteiger partial charge in [0.05, 0.1) is 0 Å². The lowest BCUT2D eigenvalue weighted by Gasteiger charge is -2.29. The fraction of sp³-hybridized carbons (Fsp3) is 0.714. The second-order valence-corrected chi connectivity index (χ2v) is 2.69. The predicted molar refractivity (Wildman–Crippen MR) is 35.7 cm³/mol. The molecule has 8 heteroatoms. The summed E-state index contributed by atoms with van der Waals surface area (Å²) in [6.07, 6.45) is -10.9. The first-order valence-corrected chi connectivity index (χ1v) is 3.55. The predicted octanol–water partition coefficient (Wildman–Crippen LogP) is 3.73. The summed E-state index contributed by atoms with van der Waals surface area (Å²) in [5, 5.41) is 0. The summed E-state index contributed by atoms with van der Waals surface area (Å²) < 4.78 is 96.0. The van der Waals surface area contributed by atoms with Crippen LogP contribution >= 0.6 is 0 Å². The van der Waals surface area contributed by atoms with Gasteiger partial charge in [-0.3, -0.25) is 0 Å². The second-order valence-electron chi connectivity index (χ2n) is 2.69. The van der Waals surface area contributed by atoms with Crippen LogP contribution in [-0.2, 0) is 0 Å². The molecule has 0 aliphatic rings. The Morgan fingerprint density at radius 3 is 1.67 bits per heavy atom. The van der Waals surface area contributed by atoms with Crippen molar-refractivity contribution in [3.8, 4) is 0 Å². The first kappa shape index (κ1) is 14.2. The third-order valence-corrected chi connectivity index (χ3v) is 1.54. The highest BCUT2D eigenvalue weighted by Gasteiger charge is 2.75. The summed E-state index contributed by atoms with van der Waals surface area (Å²) in [5.41, 5.74) is 0. The third kappa shape index (κ3) is 2.40. The van der Waals surface area contributed by atoms with Crippen molar-refractivity contribution in [2.24, 2.45) is 0 Å². The van der Waals surface area contributed by atoms with Crippen LogP contribution in [0.25, 0.3) is 0 Å². The number of alkyl halides is 8. The highest BCUT2D eigenvalue weighted by Crippen LogP contribution is 2.49. The zero-order chi connectivity index (χ0) is 12.5. The minimum atomic E-state index is -6.50. The van der Waals surface area contributed by atoms with Gasteiger partial charge in [-0.25, -0.2) is 4.39 Å². The largest absolute Gasteiger partial charge is 0.459 e. The Morgan fingerprint density at radius 2 is 1.40 bits per heavy atom. The van der Waals surface area contributed by atoms with Crippen molar-refractivity contribution in [1.29, 1.82) is 0 Å². The van der Waals surface area contributed by atoms with Crippen LogP contribution in [-0.4, -0.2) is 24.2 Å². The Morgan fingerprint density at radius 1 is 1.00 bits per heavy atom. The molecule has 0 fully saturated rings. The van der Waals surface area contributed by atoms with Crippen LogP contribution < -0.4 is 0 Å². The van der Waals surface area contributed by atoms with Gasteiger partial charge in [-0.2, -0.15) is 30.7 Å². The fourth-order valence-electron chi connectivity index (χ4n) is 0.680. The molecule has 1 atom stereocenters. The lowest BCUT2D eigenvalue weighted by atomic mass is 10.0. The first-order valence-electron chi connectivity index (χ1n) is 3.55. The molecule has 90 valence electrons. The van der Waals surface area contributed by atoms with Gasteiger partial charge in [-0.05, 0) is 0 Å².